The molecule has 0 spiro atoms. The van der Waals surface area contributed by atoms with Crippen LogP contribution in [-0.2, 0) is 4.74 Å². The second-order valence-electron chi connectivity index (χ2n) is 4.22. The van der Waals surface area contributed by atoms with Gasteiger partial charge in [-0.05, 0) is 26.0 Å². The first kappa shape index (κ1) is 12.5. The van der Waals surface area contributed by atoms with Crippen LogP contribution in [0.3, 0.4) is 0 Å². The van der Waals surface area contributed by atoms with E-state index in [9.17, 15) is 4.39 Å². The van der Waals surface area contributed by atoms with Gasteiger partial charge in [0.2, 0.25) is 0 Å². The summed E-state index contributed by atoms with van der Waals surface area (Å²) in [5.41, 5.74) is 0.171. The first-order valence-corrected chi connectivity index (χ1v) is 4.96. The fourth-order valence-electron chi connectivity index (χ4n) is 1.50. The van der Waals surface area contributed by atoms with Crippen LogP contribution in [0.25, 0.3) is 0 Å². The van der Waals surface area contributed by atoms with Crippen LogP contribution in [0, 0.1) is 17.1 Å². The van der Waals surface area contributed by atoms with Crippen LogP contribution in [0.15, 0.2) is 18.2 Å². The minimum Gasteiger partial charge on any atom is -0.382 e. The number of halogens is 1. The molecule has 1 aromatic rings. The van der Waals surface area contributed by atoms with Crippen molar-refractivity contribution in [3.63, 3.8) is 0 Å². The second kappa shape index (κ2) is 4.95. The number of nitriles is 1. The molecular weight excluding hydrogens is 207 g/mol. The monoisotopic (exact) mass is 222 g/mol. The van der Waals surface area contributed by atoms with Gasteiger partial charge in [0.1, 0.15) is 17.4 Å². The summed E-state index contributed by atoms with van der Waals surface area (Å²) in [7, 11) is 1.60. The fourth-order valence-corrected chi connectivity index (χ4v) is 1.50. The van der Waals surface area contributed by atoms with E-state index >= 15 is 0 Å². The number of hydrogen-bond donors (Lipinski definition) is 1. The van der Waals surface area contributed by atoms with Crippen LogP contribution in [0.1, 0.15) is 19.4 Å². The van der Waals surface area contributed by atoms with Crippen LogP contribution in [0.4, 0.5) is 10.1 Å². The quantitative estimate of drug-likeness (QED) is 0.851. The summed E-state index contributed by atoms with van der Waals surface area (Å²) in [6.07, 6.45) is 0. The standard InChI is InChI=1S/C12H15FN2O/c1-12(2,8-16-3)15-11-6-4-5-10(13)9(11)7-14/h4-6,15H,8H2,1-3H3. The maximum atomic E-state index is 13.3. The average Bonchev–Trinajstić information content (AvgIpc) is 2.17. The van der Waals surface area contributed by atoms with E-state index in [-0.39, 0.29) is 11.1 Å². The Morgan fingerprint density at radius 1 is 1.50 bits per heavy atom. The Hall–Kier alpha value is -1.60. The number of ether oxygens (including phenoxy) is 1. The molecule has 0 atom stereocenters. The Labute approximate surface area is 94.8 Å². The van der Waals surface area contributed by atoms with Crippen molar-refractivity contribution >= 4 is 5.69 Å². The van der Waals surface area contributed by atoms with Crippen molar-refractivity contribution in [2.24, 2.45) is 0 Å². The highest BCUT2D eigenvalue weighted by molar-refractivity contribution is 5.59. The normalized spacial score (nSPS) is 10.9. The van der Waals surface area contributed by atoms with Crippen LogP contribution >= 0.6 is 0 Å². The van der Waals surface area contributed by atoms with E-state index < -0.39 is 5.82 Å². The lowest BCUT2D eigenvalue weighted by Crippen LogP contribution is -2.36. The number of nitrogens with one attached hydrogen (secondary N) is 1. The summed E-state index contributed by atoms with van der Waals surface area (Å²) in [6.45, 7) is 4.31. The van der Waals surface area contributed by atoms with E-state index in [0.717, 1.165) is 0 Å². The third kappa shape index (κ3) is 2.94. The number of anilines is 1. The smallest absolute Gasteiger partial charge is 0.143 e. The summed E-state index contributed by atoms with van der Waals surface area (Å²) < 4.78 is 18.4. The van der Waals surface area contributed by atoms with E-state index in [4.69, 9.17) is 10.00 Å². The first-order chi connectivity index (χ1) is 7.50. The van der Waals surface area contributed by atoms with Crippen molar-refractivity contribution in [3.8, 4) is 6.07 Å². The van der Waals surface area contributed by atoms with Gasteiger partial charge in [0.15, 0.2) is 0 Å². The molecule has 0 heterocycles. The van der Waals surface area contributed by atoms with Crippen LogP contribution in [0.2, 0.25) is 0 Å². The minimum absolute atomic E-state index is 0.0340. The molecule has 0 unspecified atom stereocenters. The third-order valence-corrected chi connectivity index (χ3v) is 2.10. The van der Waals surface area contributed by atoms with E-state index in [2.05, 4.69) is 5.32 Å². The molecule has 0 amide bonds. The lowest BCUT2D eigenvalue weighted by molar-refractivity contribution is 0.158. The summed E-state index contributed by atoms with van der Waals surface area (Å²) in [4.78, 5) is 0. The van der Waals surface area contributed by atoms with Gasteiger partial charge < -0.3 is 10.1 Å². The Bertz CT molecular complexity index is 410. The summed E-state index contributed by atoms with van der Waals surface area (Å²) in [5.74, 6) is -0.513. The zero-order valence-electron chi connectivity index (χ0n) is 9.67. The minimum atomic E-state index is -0.513. The lowest BCUT2D eigenvalue weighted by atomic mass is 10.0. The highest BCUT2D eigenvalue weighted by Crippen LogP contribution is 2.21. The molecule has 0 aliphatic heterocycles. The zero-order chi connectivity index (χ0) is 12.2. The molecule has 1 N–H and O–H groups in total. The Balaban J connectivity index is 2.98. The SMILES string of the molecule is COCC(C)(C)Nc1cccc(F)c1C#N. The van der Waals surface area contributed by atoms with Crippen molar-refractivity contribution in [1.29, 1.82) is 5.26 Å². The Morgan fingerprint density at radius 3 is 2.75 bits per heavy atom. The van der Waals surface area contributed by atoms with Gasteiger partial charge in [-0.1, -0.05) is 6.07 Å². The summed E-state index contributed by atoms with van der Waals surface area (Å²) >= 11 is 0. The fraction of sp³-hybridized carbons (Fsp3) is 0.417. The van der Waals surface area contributed by atoms with E-state index in [1.807, 2.05) is 19.9 Å². The predicted octanol–water partition coefficient (Wildman–Crippen LogP) is 2.53. The Morgan fingerprint density at radius 2 is 2.19 bits per heavy atom. The maximum absolute atomic E-state index is 13.3. The number of hydrogen-bond acceptors (Lipinski definition) is 3. The van der Waals surface area contributed by atoms with Crippen molar-refractivity contribution in [3.05, 3.63) is 29.6 Å². The maximum Gasteiger partial charge on any atom is 0.143 e. The third-order valence-electron chi connectivity index (χ3n) is 2.10. The predicted molar refractivity (Wildman–Crippen MR) is 60.7 cm³/mol. The molecule has 4 heteroatoms. The van der Waals surface area contributed by atoms with E-state index in [0.29, 0.717) is 12.3 Å². The second-order valence-corrected chi connectivity index (χ2v) is 4.22. The molecule has 0 bridgehead atoms. The van der Waals surface area contributed by atoms with Gasteiger partial charge in [-0.3, -0.25) is 0 Å². The lowest BCUT2D eigenvalue weighted by Gasteiger charge is -2.27. The van der Waals surface area contributed by atoms with Gasteiger partial charge in [-0.25, -0.2) is 4.39 Å². The molecule has 0 saturated carbocycles. The van der Waals surface area contributed by atoms with E-state index in [1.165, 1.54) is 6.07 Å². The molecule has 0 aromatic heterocycles. The molecule has 86 valence electrons. The largest absolute Gasteiger partial charge is 0.382 e. The molecule has 1 aromatic carbocycles. The van der Waals surface area contributed by atoms with Gasteiger partial charge in [0.25, 0.3) is 0 Å². The van der Waals surface area contributed by atoms with Crippen LogP contribution in [-0.4, -0.2) is 19.3 Å². The topological polar surface area (TPSA) is 45.0 Å². The van der Waals surface area contributed by atoms with Crippen molar-refractivity contribution < 1.29 is 9.13 Å². The molecule has 3 nitrogen and oxygen atoms in total. The van der Waals surface area contributed by atoms with Crippen LogP contribution in [0.5, 0.6) is 0 Å². The molecule has 0 fully saturated rings. The molecule has 0 aliphatic carbocycles. The van der Waals surface area contributed by atoms with Gasteiger partial charge in [0.05, 0.1) is 17.8 Å². The molecule has 0 aliphatic rings. The molecule has 0 saturated heterocycles. The molecular formula is C12H15FN2O. The Kier molecular flexibility index (Phi) is 3.86. The zero-order valence-corrected chi connectivity index (χ0v) is 9.67. The first-order valence-electron chi connectivity index (χ1n) is 4.96. The number of methoxy groups -OCH3 is 1. The van der Waals surface area contributed by atoms with Crippen LogP contribution < -0.4 is 5.32 Å². The highest BCUT2D eigenvalue weighted by Gasteiger charge is 2.19. The van der Waals surface area contributed by atoms with Gasteiger partial charge in [0, 0.05) is 7.11 Å². The van der Waals surface area contributed by atoms with Crippen molar-refractivity contribution in [1.82, 2.24) is 0 Å². The van der Waals surface area contributed by atoms with Gasteiger partial charge >= 0.3 is 0 Å². The van der Waals surface area contributed by atoms with Gasteiger partial charge in [-0.2, -0.15) is 5.26 Å². The highest BCUT2D eigenvalue weighted by atomic mass is 19.1. The average molecular weight is 222 g/mol. The van der Waals surface area contributed by atoms with Gasteiger partial charge in [-0.15, -0.1) is 0 Å². The van der Waals surface area contributed by atoms with Crippen molar-refractivity contribution in [2.75, 3.05) is 19.0 Å². The molecule has 0 radical (unpaired) electrons. The summed E-state index contributed by atoms with van der Waals surface area (Å²) in [6, 6.07) is 6.37. The van der Waals surface area contributed by atoms with E-state index in [1.54, 1.807) is 19.2 Å². The molecule has 1 rings (SSSR count). The summed E-state index contributed by atoms with van der Waals surface area (Å²) in [5, 5.41) is 12.0. The van der Waals surface area contributed by atoms with Crippen molar-refractivity contribution in [2.45, 2.75) is 19.4 Å². The number of benzene rings is 1. The molecule has 16 heavy (non-hydrogen) atoms. The number of rotatable bonds is 4. The number of nitrogens with zero attached hydrogens (tertiary/aromatic N) is 1.